The molecule has 0 saturated carbocycles. The summed E-state index contributed by atoms with van der Waals surface area (Å²) in [5, 5.41) is 0.661. The zero-order valence-corrected chi connectivity index (χ0v) is 17.4. The second-order valence-electron chi connectivity index (χ2n) is 7.81. The number of hydrogen-bond acceptors (Lipinski definition) is 2. The van der Waals surface area contributed by atoms with E-state index in [1.807, 2.05) is 54.6 Å². The van der Waals surface area contributed by atoms with Crippen molar-refractivity contribution in [1.29, 1.82) is 0 Å². The lowest BCUT2D eigenvalue weighted by Crippen LogP contribution is -2.27. The van der Waals surface area contributed by atoms with Crippen LogP contribution in [0.2, 0.25) is 30.7 Å². The molecular weight excluding hydrogens is 370 g/mol. The van der Waals surface area contributed by atoms with E-state index in [9.17, 15) is 8.42 Å². The topological polar surface area (TPSA) is 37.1 Å². The summed E-state index contributed by atoms with van der Waals surface area (Å²) in [6.45, 7) is 6.61. The van der Waals surface area contributed by atoms with Gasteiger partial charge in [0.25, 0.3) is 0 Å². The summed E-state index contributed by atoms with van der Waals surface area (Å²) in [6.07, 6.45) is 0. The van der Waals surface area contributed by atoms with Gasteiger partial charge in [0, 0.05) is 13.1 Å². The first-order valence-electron chi connectivity index (χ1n) is 8.51. The monoisotopic (exact) mass is 393 g/mol. The molecule has 3 nitrogen and oxygen atoms in total. The van der Waals surface area contributed by atoms with Crippen molar-refractivity contribution in [3.8, 4) is 0 Å². The second-order valence-corrected chi connectivity index (χ2v) is 15.9. The van der Waals surface area contributed by atoms with E-state index in [1.54, 1.807) is 4.31 Å². The zero-order valence-electron chi connectivity index (χ0n) is 14.8. The van der Waals surface area contributed by atoms with Crippen LogP contribution in [0.3, 0.4) is 0 Å². The lowest BCUT2D eigenvalue weighted by molar-refractivity contribution is 0.548. The lowest BCUT2D eigenvalue weighted by Gasteiger charge is -2.16. The fourth-order valence-electron chi connectivity index (χ4n) is 3.07. The third kappa shape index (κ3) is 4.34. The molecule has 2 aromatic rings. The van der Waals surface area contributed by atoms with Crippen LogP contribution in [0.15, 0.2) is 54.6 Å². The van der Waals surface area contributed by atoms with Crippen molar-refractivity contribution in [3.63, 3.8) is 0 Å². The molecule has 0 radical (unpaired) electrons. The molecule has 1 aliphatic rings. The number of hydrogen-bond donors (Lipinski definition) is 0. The minimum atomic E-state index is -3.29. The van der Waals surface area contributed by atoms with E-state index < -0.39 is 18.1 Å². The van der Waals surface area contributed by atoms with Crippen molar-refractivity contribution in [2.75, 3.05) is 5.75 Å². The SMILES string of the molecule is C[Si](C)(C)CCS(=O)(=O)N1[C@H](c2ccccc2)[C@@H]1c1ccc(Cl)cc1. The van der Waals surface area contributed by atoms with Gasteiger partial charge < -0.3 is 0 Å². The van der Waals surface area contributed by atoms with E-state index in [1.165, 1.54) is 0 Å². The predicted molar refractivity (Wildman–Crippen MR) is 107 cm³/mol. The highest BCUT2D eigenvalue weighted by atomic mass is 35.5. The summed E-state index contributed by atoms with van der Waals surface area (Å²) in [5.41, 5.74) is 2.04. The fourth-order valence-corrected chi connectivity index (χ4v) is 8.00. The van der Waals surface area contributed by atoms with Crippen LogP contribution < -0.4 is 0 Å². The highest BCUT2D eigenvalue weighted by Crippen LogP contribution is 2.56. The van der Waals surface area contributed by atoms with Gasteiger partial charge in [-0.1, -0.05) is 73.7 Å². The Morgan fingerprint density at radius 1 is 0.920 bits per heavy atom. The van der Waals surface area contributed by atoms with E-state index >= 15 is 0 Å². The van der Waals surface area contributed by atoms with E-state index in [-0.39, 0.29) is 17.8 Å². The first-order chi connectivity index (χ1) is 11.7. The van der Waals surface area contributed by atoms with Gasteiger partial charge in [-0.15, -0.1) is 0 Å². The molecule has 3 atom stereocenters. The molecule has 0 aliphatic carbocycles. The van der Waals surface area contributed by atoms with Gasteiger partial charge >= 0.3 is 0 Å². The Morgan fingerprint density at radius 2 is 1.44 bits per heavy atom. The second kappa shape index (κ2) is 6.87. The maximum atomic E-state index is 13.0. The van der Waals surface area contributed by atoms with Crippen molar-refractivity contribution >= 4 is 29.7 Å². The number of nitrogens with zero attached hydrogens (tertiary/aromatic N) is 1. The molecule has 134 valence electrons. The largest absolute Gasteiger partial charge is 0.215 e. The number of sulfonamides is 1. The molecule has 0 spiro atoms. The third-order valence-corrected chi connectivity index (χ3v) is 8.72. The third-order valence-electron chi connectivity index (χ3n) is 4.54. The Morgan fingerprint density at radius 3 is 1.96 bits per heavy atom. The summed E-state index contributed by atoms with van der Waals surface area (Å²) in [7, 11) is -4.71. The van der Waals surface area contributed by atoms with Crippen LogP contribution >= 0.6 is 11.6 Å². The molecule has 2 aromatic carbocycles. The van der Waals surface area contributed by atoms with E-state index in [2.05, 4.69) is 19.6 Å². The maximum absolute atomic E-state index is 13.0. The highest BCUT2D eigenvalue weighted by molar-refractivity contribution is 7.89. The van der Waals surface area contributed by atoms with Crippen molar-refractivity contribution < 1.29 is 8.42 Å². The zero-order chi connectivity index (χ0) is 18.2. The maximum Gasteiger partial charge on any atom is 0.215 e. The van der Waals surface area contributed by atoms with Crippen molar-refractivity contribution in [2.24, 2.45) is 0 Å². The minimum absolute atomic E-state index is 0.117. The van der Waals surface area contributed by atoms with Crippen LogP contribution in [-0.4, -0.2) is 26.5 Å². The molecular formula is C19H24ClNO2SSi. The molecule has 1 aliphatic heterocycles. The van der Waals surface area contributed by atoms with Crippen LogP contribution in [0.1, 0.15) is 23.2 Å². The van der Waals surface area contributed by atoms with E-state index in [0.29, 0.717) is 5.02 Å². The lowest BCUT2D eigenvalue weighted by atomic mass is 10.0. The van der Waals surface area contributed by atoms with Gasteiger partial charge in [-0.3, -0.25) is 0 Å². The summed E-state index contributed by atoms with van der Waals surface area (Å²) in [4.78, 5) is 0. The minimum Gasteiger partial charge on any atom is -0.212 e. The average Bonchev–Trinajstić information content (AvgIpc) is 3.31. The van der Waals surface area contributed by atoms with Gasteiger partial charge in [0.05, 0.1) is 17.8 Å². The Labute approximate surface area is 156 Å². The normalized spacial score (nSPS) is 23.4. The first-order valence-corrected chi connectivity index (χ1v) is 14.2. The summed E-state index contributed by atoms with van der Waals surface area (Å²) < 4.78 is 27.7. The van der Waals surface area contributed by atoms with E-state index in [0.717, 1.165) is 17.2 Å². The molecule has 1 fully saturated rings. The fraction of sp³-hybridized carbons (Fsp3) is 0.368. The van der Waals surface area contributed by atoms with Crippen LogP contribution in [0, 0.1) is 0 Å². The molecule has 1 unspecified atom stereocenters. The number of benzene rings is 2. The van der Waals surface area contributed by atoms with Gasteiger partial charge in [0.1, 0.15) is 0 Å². The molecule has 1 heterocycles. The number of halogens is 1. The van der Waals surface area contributed by atoms with Crippen LogP contribution in [0.25, 0.3) is 0 Å². The Bertz CT molecular complexity index is 832. The highest BCUT2D eigenvalue weighted by Gasteiger charge is 2.56. The predicted octanol–water partition coefficient (Wildman–Crippen LogP) is 5.11. The van der Waals surface area contributed by atoms with Crippen LogP contribution in [-0.2, 0) is 10.0 Å². The molecule has 0 N–H and O–H groups in total. The molecule has 3 rings (SSSR count). The average molecular weight is 394 g/mol. The molecule has 0 aromatic heterocycles. The van der Waals surface area contributed by atoms with Gasteiger partial charge in [-0.25, -0.2) is 8.42 Å². The molecule has 0 bridgehead atoms. The van der Waals surface area contributed by atoms with Gasteiger partial charge in [0.2, 0.25) is 10.0 Å². The Balaban J connectivity index is 1.90. The molecule has 1 saturated heterocycles. The van der Waals surface area contributed by atoms with Crippen LogP contribution in [0.5, 0.6) is 0 Å². The van der Waals surface area contributed by atoms with Gasteiger partial charge in [-0.05, 0) is 29.3 Å². The van der Waals surface area contributed by atoms with Crippen molar-refractivity contribution in [1.82, 2.24) is 4.31 Å². The van der Waals surface area contributed by atoms with Crippen molar-refractivity contribution in [2.45, 2.75) is 37.8 Å². The summed E-state index contributed by atoms with van der Waals surface area (Å²) in [6, 6.07) is 17.9. The quantitative estimate of drug-likeness (QED) is 0.505. The Hall–Kier alpha value is -1.14. The van der Waals surface area contributed by atoms with Crippen molar-refractivity contribution in [3.05, 3.63) is 70.7 Å². The molecule has 6 heteroatoms. The van der Waals surface area contributed by atoms with Crippen LogP contribution in [0.4, 0.5) is 0 Å². The summed E-state index contributed by atoms with van der Waals surface area (Å²) >= 11 is 5.99. The first kappa shape index (κ1) is 18.6. The molecule has 0 amide bonds. The Kier molecular flexibility index (Phi) is 5.13. The standard InChI is InChI=1S/C19H24ClNO2SSi/c1-25(2,3)14-13-24(22,23)21-18(15-7-5-4-6-8-15)19(21)16-9-11-17(20)12-10-16/h4-12,18-19H,13-14H2,1-3H3/t18-,19+,21?/m1/s1. The van der Waals surface area contributed by atoms with Gasteiger partial charge in [0.15, 0.2) is 0 Å². The smallest absolute Gasteiger partial charge is 0.212 e. The van der Waals surface area contributed by atoms with Gasteiger partial charge in [-0.2, -0.15) is 4.31 Å². The molecule has 25 heavy (non-hydrogen) atoms. The summed E-state index contributed by atoms with van der Waals surface area (Å²) in [5.74, 6) is 0.232. The van der Waals surface area contributed by atoms with E-state index in [4.69, 9.17) is 11.6 Å². The number of rotatable bonds is 6.